The summed E-state index contributed by atoms with van der Waals surface area (Å²) < 4.78 is 2.05. The van der Waals surface area contributed by atoms with Gasteiger partial charge in [-0.25, -0.2) is 0 Å². The minimum Gasteiger partial charge on any atom is -0.297 e. The predicted molar refractivity (Wildman–Crippen MR) is 47.9 cm³/mol. The SMILES string of the molecule is CC(C)c1ccn(I)c1. The van der Waals surface area contributed by atoms with Crippen LogP contribution in [0.4, 0.5) is 0 Å². The Bertz CT molecular complexity index is 191. The Balaban J connectivity index is 2.85. The summed E-state index contributed by atoms with van der Waals surface area (Å²) in [6.45, 7) is 4.40. The van der Waals surface area contributed by atoms with Gasteiger partial charge in [-0.1, -0.05) is 13.8 Å². The van der Waals surface area contributed by atoms with Crippen LogP contribution in [-0.2, 0) is 0 Å². The van der Waals surface area contributed by atoms with Crippen LogP contribution in [0, 0.1) is 0 Å². The monoisotopic (exact) mass is 235 g/mol. The third kappa shape index (κ3) is 1.71. The molecule has 0 saturated carbocycles. The van der Waals surface area contributed by atoms with Crippen LogP contribution >= 0.6 is 22.9 Å². The summed E-state index contributed by atoms with van der Waals surface area (Å²) in [6.07, 6.45) is 4.21. The molecule has 0 fully saturated rings. The summed E-state index contributed by atoms with van der Waals surface area (Å²) in [6, 6.07) is 2.15. The normalized spacial score (nSPS) is 10.7. The van der Waals surface area contributed by atoms with Gasteiger partial charge >= 0.3 is 0 Å². The Morgan fingerprint density at radius 1 is 1.56 bits per heavy atom. The minimum absolute atomic E-state index is 0.654. The summed E-state index contributed by atoms with van der Waals surface area (Å²) in [5.41, 5.74) is 1.41. The van der Waals surface area contributed by atoms with Crippen molar-refractivity contribution in [3.63, 3.8) is 0 Å². The second-order valence-electron chi connectivity index (χ2n) is 2.44. The first-order valence-electron chi connectivity index (χ1n) is 3.04. The third-order valence-corrected chi connectivity index (χ3v) is 1.95. The van der Waals surface area contributed by atoms with E-state index in [1.165, 1.54) is 5.56 Å². The van der Waals surface area contributed by atoms with E-state index in [1.807, 2.05) is 2.78 Å². The van der Waals surface area contributed by atoms with Gasteiger partial charge in [-0.05, 0) is 17.5 Å². The number of halogens is 1. The average Bonchev–Trinajstić information content (AvgIpc) is 2.14. The van der Waals surface area contributed by atoms with Gasteiger partial charge in [0, 0.05) is 12.4 Å². The lowest BCUT2D eigenvalue weighted by molar-refractivity contribution is 0.868. The number of hydrogen-bond donors (Lipinski definition) is 0. The highest BCUT2D eigenvalue weighted by molar-refractivity contribution is 14.1. The minimum atomic E-state index is 0.654. The van der Waals surface area contributed by atoms with Crippen LogP contribution in [0.2, 0.25) is 0 Å². The van der Waals surface area contributed by atoms with Crippen LogP contribution in [0.5, 0.6) is 0 Å². The van der Waals surface area contributed by atoms with E-state index in [-0.39, 0.29) is 0 Å². The van der Waals surface area contributed by atoms with Gasteiger partial charge in [0.25, 0.3) is 0 Å². The molecule has 1 aromatic rings. The summed E-state index contributed by atoms with van der Waals surface area (Å²) in [7, 11) is 0. The molecule has 1 nitrogen and oxygen atoms in total. The summed E-state index contributed by atoms with van der Waals surface area (Å²) in [4.78, 5) is 0. The third-order valence-electron chi connectivity index (χ3n) is 1.35. The van der Waals surface area contributed by atoms with Gasteiger partial charge in [-0.2, -0.15) is 0 Å². The van der Waals surface area contributed by atoms with Crippen LogP contribution < -0.4 is 0 Å². The smallest absolute Gasteiger partial charge is 0.0634 e. The van der Waals surface area contributed by atoms with Gasteiger partial charge in [-0.3, -0.25) is 2.78 Å². The van der Waals surface area contributed by atoms with Crippen molar-refractivity contribution in [1.82, 2.24) is 2.78 Å². The molecule has 9 heavy (non-hydrogen) atoms. The van der Waals surface area contributed by atoms with E-state index in [4.69, 9.17) is 0 Å². The van der Waals surface area contributed by atoms with Crippen LogP contribution in [-0.4, -0.2) is 2.78 Å². The molecule has 0 bridgehead atoms. The van der Waals surface area contributed by atoms with E-state index >= 15 is 0 Å². The molecule has 0 saturated heterocycles. The zero-order chi connectivity index (χ0) is 6.85. The average molecular weight is 235 g/mol. The molecule has 0 aromatic carbocycles. The van der Waals surface area contributed by atoms with Gasteiger partial charge in [0.1, 0.15) is 0 Å². The summed E-state index contributed by atoms with van der Waals surface area (Å²) in [5.74, 6) is 0.654. The van der Waals surface area contributed by atoms with E-state index < -0.39 is 0 Å². The van der Waals surface area contributed by atoms with Crippen LogP contribution in [0.15, 0.2) is 18.5 Å². The molecule has 0 aliphatic carbocycles. The molecule has 0 atom stereocenters. The highest BCUT2D eigenvalue weighted by atomic mass is 127. The maximum Gasteiger partial charge on any atom is 0.0634 e. The molecule has 0 aliphatic rings. The molecule has 0 N–H and O–H groups in total. The molecule has 0 spiro atoms. The molecule has 1 aromatic heterocycles. The van der Waals surface area contributed by atoms with Crippen molar-refractivity contribution in [2.45, 2.75) is 19.8 Å². The first-order chi connectivity index (χ1) is 4.20. The largest absolute Gasteiger partial charge is 0.297 e. The van der Waals surface area contributed by atoms with E-state index in [0.717, 1.165) is 0 Å². The van der Waals surface area contributed by atoms with Crippen LogP contribution in [0.3, 0.4) is 0 Å². The zero-order valence-corrected chi connectivity index (χ0v) is 7.79. The van der Waals surface area contributed by atoms with Crippen molar-refractivity contribution in [1.29, 1.82) is 0 Å². The molecule has 1 heterocycles. The fourth-order valence-corrected chi connectivity index (χ4v) is 1.21. The summed E-state index contributed by atoms with van der Waals surface area (Å²) in [5, 5.41) is 0. The molecular formula is C7H10IN. The molecular weight excluding hydrogens is 225 g/mol. The number of aromatic nitrogens is 1. The standard InChI is InChI=1S/C7H10IN/c1-6(2)7-3-4-9(8)5-7/h3-6H,1-2H3. The van der Waals surface area contributed by atoms with Crippen LogP contribution in [0.25, 0.3) is 0 Å². The topological polar surface area (TPSA) is 4.93 Å². The van der Waals surface area contributed by atoms with Crippen molar-refractivity contribution in [2.24, 2.45) is 0 Å². The van der Waals surface area contributed by atoms with Gasteiger partial charge in [0.05, 0.1) is 22.9 Å². The Hall–Kier alpha value is 0.01000. The number of nitrogens with zero attached hydrogens (tertiary/aromatic N) is 1. The molecule has 2 heteroatoms. The lowest BCUT2D eigenvalue weighted by atomic mass is 10.1. The maximum absolute atomic E-state index is 2.25. The first kappa shape index (κ1) is 7.12. The van der Waals surface area contributed by atoms with Crippen molar-refractivity contribution >= 4 is 22.9 Å². The fourth-order valence-electron chi connectivity index (χ4n) is 0.727. The van der Waals surface area contributed by atoms with Gasteiger partial charge < -0.3 is 0 Å². The molecule has 0 unspecified atom stereocenters. The van der Waals surface area contributed by atoms with Crippen molar-refractivity contribution in [3.05, 3.63) is 24.0 Å². The lowest BCUT2D eigenvalue weighted by Crippen LogP contribution is -1.80. The molecule has 1 rings (SSSR count). The molecule has 50 valence electrons. The van der Waals surface area contributed by atoms with Gasteiger partial charge in [0.15, 0.2) is 0 Å². The molecule has 0 radical (unpaired) electrons. The van der Waals surface area contributed by atoms with E-state index in [2.05, 4.69) is 55.2 Å². The summed E-state index contributed by atoms with van der Waals surface area (Å²) >= 11 is 2.25. The van der Waals surface area contributed by atoms with E-state index in [1.54, 1.807) is 0 Å². The fraction of sp³-hybridized carbons (Fsp3) is 0.429. The second kappa shape index (κ2) is 2.73. The van der Waals surface area contributed by atoms with Crippen molar-refractivity contribution < 1.29 is 0 Å². The number of hydrogen-bond acceptors (Lipinski definition) is 0. The highest BCUT2D eigenvalue weighted by Crippen LogP contribution is 2.14. The predicted octanol–water partition coefficient (Wildman–Crippen LogP) is 2.81. The van der Waals surface area contributed by atoms with Gasteiger partial charge in [-0.15, -0.1) is 0 Å². The zero-order valence-electron chi connectivity index (χ0n) is 5.63. The Labute approximate surface area is 69.6 Å². The Kier molecular flexibility index (Phi) is 2.16. The van der Waals surface area contributed by atoms with Crippen LogP contribution in [0.1, 0.15) is 25.3 Å². The molecule has 0 amide bonds. The quantitative estimate of drug-likeness (QED) is 0.659. The maximum atomic E-state index is 2.25. The lowest BCUT2D eigenvalue weighted by Gasteiger charge is -1.96. The van der Waals surface area contributed by atoms with E-state index in [0.29, 0.717) is 5.92 Å². The second-order valence-corrected chi connectivity index (χ2v) is 3.56. The van der Waals surface area contributed by atoms with Gasteiger partial charge in [0.2, 0.25) is 0 Å². The van der Waals surface area contributed by atoms with Crippen molar-refractivity contribution in [3.8, 4) is 0 Å². The highest BCUT2D eigenvalue weighted by Gasteiger charge is 1.97. The Morgan fingerprint density at radius 2 is 2.22 bits per heavy atom. The van der Waals surface area contributed by atoms with Crippen molar-refractivity contribution in [2.75, 3.05) is 0 Å². The Morgan fingerprint density at radius 3 is 2.44 bits per heavy atom. The van der Waals surface area contributed by atoms with E-state index in [9.17, 15) is 0 Å². The molecule has 0 aliphatic heterocycles. The first-order valence-corrected chi connectivity index (χ1v) is 4.00. The number of rotatable bonds is 1.